The topological polar surface area (TPSA) is 70.3 Å². The van der Waals surface area contributed by atoms with E-state index in [9.17, 15) is 4.79 Å². The van der Waals surface area contributed by atoms with Crippen molar-refractivity contribution in [1.82, 2.24) is 0 Å². The summed E-state index contributed by atoms with van der Waals surface area (Å²) in [4.78, 5) is 10.5. The molecule has 0 aromatic heterocycles. The highest BCUT2D eigenvalue weighted by atomic mass is 16.5. The maximum absolute atomic E-state index is 10.5. The van der Waals surface area contributed by atoms with Crippen molar-refractivity contribution in [3.05, 3.63) is 29.8 Å². The highest BCUT2D eigenvalue weighted by Crippen LogP contribution is 2.12. The number of nitriles is 1. The summed E-state index contributed by atoms with van der Waals surface area (Å²) < 4.78 is 4.92. The Morgan fingerprint density at radius 3 is 3.00 bits per heavy atom. The molecule has 0 amide bonds. The predicted octanol–water partition coefficient (Wildman–Crippen LogP) is 1.29. The number of aromatic carboxylic acids is 1. The molecule has 0 heterocycles. The van der Waals surface area contributed by atoms with Gasteiger partial charge in [0.15, 0.2) is 6.61 Å². The van der Waals surface area contributed by atoms with Crippen LogP contribution in [0.2, 0.25) is 0 Å². The van der Waals surface area contributed by atoms with Crippen molar-refractivity contribution in [3.63, 3.8) is 0 Å². The van der Waals surface area contributed by atoms with Crippen LogP contribution >= 0.6 is 0 Å². The van der Waals surface area contributed by atoms with Crippen molar-refractivity contribution >= 4 is 5.97 Å². The van der Waals surface area contributed by atoms with Gasteiger partial charge in [-0.2, -0.15) is 5.26 Å². The zero-order chi connectivity index (χ0) is 9.68. The Morgan fingerprint density at radius 1 is 1.62 bits per heavy atom. The summed E-state index contributed by atoms with van der Waals surface area (Å²) in [5, 5.41) is 16.8. The Labute approximate surface area is 75.0 Å². The molecule has 66 valence electrons. The summed E-state index contributed by atoms with van der Waals surface area (Å²) in [7, 11) is 0. The van der Waals surface area contributed by atoms with Crippen molar-refractivity contribution in [2.24, 2.45) is 0 Å². The first-order valence-corrected chi connectivity index (χ1v) is 3.57. The number of ether oxygens (including phenoxy) is 1. The minimum Gasteiger partial charge on any atom is -0.479 e. The molecule has 0 radical (unpaired) electrons. The van der Waals surface area contributed by atoms with Crippen LogP contribution in [-0.4, -0.2) is 17.7 Å². The number of carboxylic acid groups (broad SMARTS) is 1. The number of rotatable bonds is 3. The van der Waals surface area contributed by atoms with Gasteiger partial charge in [-0.25, -0.2) is 4.79 Å². The molecule has 1 aromatic carbocycles. The molecular weight excluding hydrogens is 170 g/mol. The molecule has 1 N–H and O–H groups in total. The fraction of sp³-hybridized carbons (Fsp3) is 0.111. The average Bonchev–Trinajstić information content (AvgIpc) is 2.15. The van der Waals surface area contributed by atoms with Crippen LogP contribution in [0.15, 0.2) is 24.3 Å². The van der Waals surface area contributed by atoms with E-state index in [1.807, 2.05) is 0 Å². The molecule has 13 heavy (non-hydrogen) atoms. The van der Waals surface area contributed by atoms with Gasteiger partial charge in [0.05, 0.1) is 5.56 Å². The molecule has 4 heteroatoms. The standard InChI is InChI=1S/C9H7NO3/c10-4-5-13-8-3-1-2-7(6-8)9(11)12/h1-3,6H,5H2,(H,11,12). The van der Waals surface area contributed by atoms with E-state index in [0.29, 0.717) is 5.75 Å². The Morgan fingerprint density at radius 2 is 2.38 bits per heavy atom. The first-order valence-electron chi connectivity index (χ1n) is 3.57. The number of carboxylic acids is 1. The van der Waals surface area contributed by atoms with E-state index in [0.717, 1.165) is 0 Å². The molecule has 0 aliphatic rings. The number of carbonyl (C=O) groups is 1. The summed E-state index contributed by atoms with van der Waals surface area (Å²) in [6.45, 7) is -0.0803. The van der Waals surface area contributed by atoms with Gasteiger partial charge in [-0.3, -0.25) is 0 Å². The van der Waals surface area contributed by atoms with Crippen LogP contribution < -0.4 is 4.74 Å². The zero-order valence-electron chi connectivity index (χ0n) is 6.73. The van der Waals surface area contributed by atoms with Gasteiger partial charge in [0, 0.05) is 0 Å². The maximum Gasteiger partial charge on any atom is 0.335 e. The van der Waals surface area contributed by atoms with Gasteiger partial charge in [-0.05, 0) is 18.2 Å². The van der Waals surface area contributed by atoms with E-state index in [2.05, 4.69) is 0 Å². The number of hydrogen-bond donors (Lipinski definition) is 1. The molecule has 1 aromatic rings. The van der Waals surface area contributed by atoms with Gasteiger partial charge in [0.25, 0.3) is 0 Å². The fourth-order valence-corrected chi connectivity index (χ4v) is 0.835. The Hall–Kier alpha value is -2.02. The SMILES string of the molecule is N#CCOc1cccc(C(=O)O)c1. The smallest absolute Gasteiger partial charge is 0.335 e. The summed E-state index contributed by atoms with van der Waals surface area (Å²) in [5.74, 6) is -0.621. The van der Waals surface area contributed by atoms with Gasteiger partial charge < -0.3 is 9.84 Å². The lowest BCUT2D eigenvalue weighted by Crippen LogP contribution is -1.98. The molecule has 1 rings (SSSR count). The zero-order valence-corrected chi connectivity index (χ0v) is 6.73. The largest absolute Gasteiger partial charge is 0.479 e. The summed E-state index contributed by atoms with van der Waals surface area (Å²) >= 11 is 0. The van der Waals surface area contributed by atoms with Crippen LogP contribution in [0.4, 0.5) is 0 Å². The Kier molecular flexibility index (Phi) is 2.87. The molecule has 0 saturated carbocycles. The lowest BCUT2D eigenvalue weighted by atomic mass is 10.2. The first-order chi connectivity index (χ1) is 6.24. The molecule has 4 nitrogen and oxygen atoms in total. The third kappa shape index (κ3) is 2.49. The van der Waals surface area contributed by atoms with Crippen LogP contribution in [0.1, 0.15) is 10.4 Å². The molecule has 0 atom stereocenters. The maximum atomic E-state index is 10.5. The molecular formula is C9H7NO3. The minimum absolute atomic E-state index is 0.0803. The second kappa shape index (κ2) is 4.12. The molecule has 0 aliphatic heterocycles. The van der Waals surface area contributed by atoms with Crippen LogP contribution in [0.5, 0.6) is 5.75 Å². The van der Waals surface area contributed by atoms with Crippen molar-refractivity contribution in [2.75, 3.05) is 6.61 Å². The highest BCUT2D eigenvalue weighted by Gasteiger charge is 2.02. The summed E-state index contributed by atoms with van der Waals surface area (Å²) in [6, 6.07) is 7.80. The second-order valence-electron chi connectivity index (χ2n) is 2.28. The minimum atomic E-state index is -1.01. The van der Waals surface area contributed by atoms with Crippen LogP contribution in [0, 0.1) is 11.3 Å². The van der Waals surface area contributed by atoms with E-state index >= 15 is 0 Å². The highest BCUT2D eigenvalue weighted by molar-refractivity contribution is 5.87. The third-order valence-electron chi connectivity index (χ3n) is 1.38. The fourth-order valence-electron chi connectivity index (χ4n) is 0.835. The number of nitrogens with zero attached hydrogens (tertiary/aromatic N) is 1. The van der Waals surface area contributed by atoms with E-state index < -0.39 is 5.97 Å². The summed E-state index contributed by atoms with van der Waals surface area (Å²) in [6.07, 6.45) is 0. The molecule has 0 fully saturated rings. The lowest BCUT2D eigenvalue weighted by Gasteiger charge is -2.01. The van der Waals surface area contributed by atoms with Gasteiger partial charge >= 0.3 is 5.97 Å². The van der Waals surface area contributed by atoms with E-state index in [1.54, 1.807) is 18.2 Å². The molecule has 0 spiro atoms. The second-order valence-corrected chi connectivity index (χ2v) is 2.28. The van der Waals surface area contributed by atoms with Gasteiger partial charge in [0.1, 0.15) is 11.8 Å². The van der Waals surface area contributed by atoms with Gasteiger partial charge in [-0.15, -0.1) is 0 Å². The van der Waals surface area contributed by atoms with Gasteiger partial charge in [0.2, 0.25) is 0 Å². The molecule has 0 unspecified atom stereocenters. The monoisotopic (exact) mass is 177 g/mol. The van der Waals surface area contributed by atoms with E-state index in [-0.39, 0.29) is 12.2 Å². The van der Waals surface area contributed by atoms with Crippen molar-refractivity contribution in [2.45, 2.75) is 0 Å². The van der Waals surface area contributed by atoms with E-state index in [4.69, 9.17) is 15.1 Å². The predicted molar refractivity (Wildman–Crippen MR) is 44.5 cm³/mol. The van der Waals surface area contributed by atoms with Crippen LogP contribution in [0.3, 0.4) is 0 Å². The average molecular weight is 177 g/mol. The number of benzene rings is 1. The number of hydrogen-bond acceptors (Lipinski definition) is 3. The summed E-state index contributed by atoms with van der Waals surface area (Å²) in [5.41, 5.74) is 0.149. The van der Waals surface area contributed by atoms with Gasteiger partial charge in [-0.1, -0.05) is 6.07 Å². The Balaban J connectivity index is 2.80. The lowest BCUT2D eigenvalue weighted by molar-refractivity contribution is 0.0696. The Bertz CT molecular complexity index is 354. The van der Waals surface area contributed by atoms with Crippen molar-refractivity contribution < 1.29 is 14.6 Å². The first kappa shape index (κ1) is 9.07. The van der Waals surface area contributed by atoms with Crippen molar-refractivity contribution in [1.29, 1.82) is 5.26 Å². The van der Waals surface area contributed by atoms with Crippen LogP contribution in [0.25, 0.3) is 0 Å². The molecule has 0 bridgehead atoms. The van der Waals surface area contributed by atoms with Crippen molar-refractivity contribution in [3.8, 4) is 11.8 Å². The van der Waals surface area contributed by atoms with E-state index in [1.165, 1.54) is 12.1 Å². The molecule has 0 saturated heterocycles. The normalized spacial score (nSPS) is 8.85. The third-order valence-corrected chi connectivity index (χ3v) is 1.38. The quantitative estimate of drug-likeness (QED) is 0.755. The van der Waals surface area contributed by atoms with Crippen LogP contribution in [-0.2, 0) is 0 Å². The molecule has 0 aliphatic carbocycles.